The van der Waals surface area contributed by atoms with Gasteiger partial charge in [0.15, 0.2) is 5.82 Å². The van der Waals surface area contributed by atoms with Gasteiger partial charge in [0.25, 0.3) is 0 Å². The number of nitrogens with zero attached hydrogens (tertiary/aromatic N) is 2. The molecule has 5 heteroatoms. The van der Waals surface area contributed by atoms with Crippen molar-refractivity contribution >= 4 is 16.6 Å². The first-order chi connectivity index (χ1) is 14.0. The highest BCUT2D eigenvalue weighted by Gasteiger charge is 2.16. The Balaban J connectivity index is 1.61. The van der Waals surface area contributed by atoms with Crippen molar-refractivity contribution in [3.05, 3.63) is 58.8 Å². The van der Waals surface area contributed by atoms with Crippen LogP contribution in [-0.2, 0) is 0 Å². The van der Waals surface area contributed by atoms with Crippen molar-refractivity contribution < 1.29 is 4.74 Å². The topological polar surface area (TPSA) is 59.1 Å². The molecule has 0 spiro atoms. The molecule has 3 aromatic rings. The van der Waals surface area contributed by atoms with Gasteiger partial charge in [0.05, 0.1) is 11.7 Å². The maximum absolute atomic E-state index is 6.08. The van der Waals surface area contributed by atoms with E-state index in [2.05, 4.69) is 71.9 Å². The van der Waals surface area contributed by atoms with Crippen LogP contribution < -0.4 is 15.4 Å². The van der Waals surface area contributed by atoms with Gasteiger partial charge in [-0.25, -0.2) is 0 Å². The third-order valence-corrected chi connectivity index (χ3v) is 6.02. The Morgan fingerprint density at radius 3 is 2.79 bits per heavy atom. The number of hydrogen-bond donors (Lipinski definition) is 2. The standard InChI is InChI=1S/C24H30N4O/c1-15-7-5-9-21(16(15)2)17(3)26-24-23-13-20(29-14-19-8-6-12-25-19)10-11-22(23)18(4)27-28-24/h5,7,9-11,13,17,19,25H,6,8,12,14H2,1-4H3,(H,26,28)/t17-,19-/m1/s1. The molecule has 5 nitrogen and oxygen atoms in total. The first-order valence-electron chi connectivity index (χ1n) is 10.5. The lowest BCUT2D eigenvalue weighted by Gasteiger charge is -2.20. The summed E-state index contributed by atoms with van der Waals surface area (Å²) < 4.78 is 6.08. The highest BCUT2D eigenvalue weighted by atomic mass is 16.5. The third-order valence-electron chi connectivity index (χ3n) is 6.02. The fraction of sp³-hybridized carbons (Fsp3) is 0.417. The molecule has 0 bridgehead atoms. The number of aryl methyl sites for hydroxylation is 2. The zero-order valence-electron chi connectivity index (χ0n) is 17.7. The molecule has 1 saturated heterocycles. The highest BCUT2D eigenvalue weighted by Crippen LogP contribution is 2.30. The molecular weight excluding hydrogens is 360 g/mol. The van der Waals surface area contributed by atoms with E-state index in [-0.39, 0.29) is 6.04 Å². The van der Waals surface area contributed by atoms with E-state index in [1.54, 1.807) is 0 Å². The Morgan fingerprint density at radius 1 is 1.14 bits per heavy atom. The zero-order chi connectivity index (χ0) is 20.4. The van der Waals surface area contributed by atoms with E-state index in [9.17, 15) is 0 Å². The van der Waals surface area contributed by atoms with Gasteiger partial charge in [-0.15, -0.1) is 5.10 Å². The molecule has 2 heterocycles. The molecule has 0 unspecified atom stereocenters. The van der Waals surface area contributed by atoms with Gasteiger partial charge in [-0.05, 0) is 82.0 Å². The number of ether oxygens (including phenoxy) is 1. The molecule has 2 N–H and O–H groups in total. The smallest absolute Gasteiger partial charge is 0.157 e. The number of benzene rings is 2. The molecule has 2 aromatic carbocycles. The van der Waals surface area contributed by atoms with Crippen LogP contribution in [0, 0.1) is 20.8 Å². The fourth-order valence-corrected chi connectivity index (χ4v) is 4.09. The van der Waals surface area contributed by atoms with Gasteiger partial charge in [-0.2, -0.15) is 5.10 Å². The molecular formula is C24H30N4O. The zero-order valence-corrected chi connectivity index (χ0v) is 17.7. The minimum Gasteiger partial charge on any atom is -0.492 e. The van der Waals surface area contributed by atoms with Gasteiger partial charge >= 0.3 is 0 Å². The van der Waals surface area contributed by atoms with Crippen molar-refractivity contribution in [1.29, 1.82) is 0 Å². The molecule has 1 fully saturated rings. The molecule has 0 amide bonds. The van der Waals surface area contributed by atoms with Crippen LogP contribution >= 0.6 is 0 Å². The fourth-order valence-electron chi connectivity index (χ4n) is 4.09. The summed E-state index contributed by atoms with van der Waals surface area (Å²) in [6, 6.07) is 13.2. The minimum atomic E-state index is 0.127. The molecule has 1 aliphatic heterocycles. The first kappa shape index (κ1) is 19.6. The lowest BCUT2D eigenvalue weighted by Crippen LogP contribution is -2.28. The maximum Gasteiger partial charge on any atom is 0.157 e. The number of hydrogen-bond acceptors (Lipinski definition) is 5. The molecule has 1 aromatic heterocycles. The van der Waals surface area contributed by atoms with Gasteiger partial charge in [-0.1, -0.05) is 18.2 Å². The van der Waals surface area contributed by atoms with Gasteiger partial charge in [0.1, 0.15) is 12.4 Å². The van der Waals surface area contributed by atoms with Crippen molar-refractivity contribution in [1.82, 2.24) is 15.5 Å². The van der Waals surface area contributed by atoms with Crippen LogP contribution in [0.3, 0.4) is 0 Å². The Labute approximate surface area is 172 Å². The van der Waals surface area contributed by atoms with Gasteiger partial charge in [-0.3, -0.25) is 0 Å². The summed E-state index contributed by atoms with van der Waals surface area (Å²) in [6.07, 6.45) is 2.41. The minimum absolute atomic E-state index is 0.127. The third kappa shape index (κ3) is 4.20. The summed E-state index contributed by atoms with van der Waals surface area (Å²) in [7, 11) is 0. The SMILES string of the molecule is Cc1cccc([C@@H](C)Nc2nnc(C)c3ccc(OC[C@H]4CCCN4)cc23)c1C. The van der Waals surface area contributed by atoms with Gasteiger partial charge in [0.2, 0.25) is 0 Å². The second kappa shape index (κ2) is 8.37. The normalized spacial score (nSPS) is 17.4. The summed E-state index contributed by atoms with van der Waals surface area (Å²) >= 11 is 0. The second-order valence-corrected chi connectivity index (χ2v) is 8.10. The predicted octanol–water partition coefficient (Wildman–Crippen LogP) is 4.86. The van der Waals surface area contributed by atoms with E-state index >= 15 is 0 Å². The van der Waals surface area contributed by atoms with Gasteiger partial charge < -0.3 is 15.4 Å². The van der Waals surface area contributed by atoms with Crippen LogP contribution in [0.15, 0.2) is 36.4 Å². The molecule has 1 aliphatic rings. The van der Waals surface area contributed by atoms with E-state index in [0.717, 1.165) is 34.6 Å². The molecule has 2 atom stereocenters. The average Bonchev–Trinajstić information content (AvgIpc) is 3.24. The Morgan fingerprint density at radius 2 is 2.00 bits per heavy atom. The summed E-state index contributed by atoms with van der Waals surface area (Å²) in [5.74, 6) is 1.67. The van der Waals surface area contributed by atoms with Crippen LogP contribution in [0.4, 0.5) is 5.82 Å². The van der Waals surface area contributed by atoms with Crippen LogP contribution in [-0.4, -0.2) is 29.4 Å². The van der Waals surface area contributed by atoms with Crippen molar-refractivity contribution in [2.45, 2.75) is 52.6 Å². The van der Waals surface area contributed by atoms with E-state index in [0.29, 0.717) is 12.6 Å². The Bertz CT molecular complexity index is 1010. The van der Waals surface area contributed by atoms with Crippen LogP contribution in [0.2, 0.25) is 0 Å². The summed E-state index contributed by atoms with van der Waals surface area (Å²) in [6.45, 7) is 10.3. The average molecular weight is 391 g/mol. The number of aromatic nitrogens is 2. The first-order valence-corrected chi connectivity index (χ1v) is 10.5. The number of nitrogens with one attached hydrogen (secondary N) is 2. The quantitative estimate of drug-likeness (QED) is 0.629. The summed E-state index contributed by atoms with van der Waals surface area (Å²) in [5, 5.41) is 18.0. The molecule has 0 radical (unpaired) electrons. The molecule has 29 heavy (non-hydrogen) atoms. The lowest BCUT2D eigenvalue weighted by molar-refractivity contribution is 0.277. The van der Waals surface area contributed by atoms with Gasteiger partial charge in [0, 0.05) is 16.8 Å². The molecule has 0 aliphatic carbocycles. The van der Waals surface area contributed by atoms with Crippen LogP contribution in [0.25, 0.3) is 10.8 Å². The van der Waals surface area contributed by atoms with E-state index in [4.69, 9.17) is 4.74 Å². The number of anilines is 1. The van der Waals surface area contributed by atoms with Crippen molar-refractivity contribution in [2.75, 3.05) is 18.5 Å². The summed E-state index contributed by atoms with van der Waals surface area (Å²) in [4.78, 5) is 0. The van der Waals surface area contributed by atoms with Crippen LogP contribution in [0.1, 0.15) is 48.2 Å². The van der Waals surface area contributed by atoms with E-state index in [1.807, 2.05) is 13.0 Å². The Hall–Kier alpha value is -2.66. The van der Waals surface area contributed by atoms with Crippen molar-refractivity contribution in [3.8, 4) is 5.75 Å². The molecule has 4 rings (SSSR count). The second-order valence-electron chi connectivity index (χ2n) is 8.10. The number of rotatable bonds is 6. The molecule has 152 valence electrons. The maximum atomic E-state index is 6.08. The Kier molecular flexibility index (Phi) is 5.67. The monoisotopic (exact) mass is 390 g/mol. The lowest BCUT2D eigenvalue weighted by atomic mass is 9.98. The number of fused-ring (bicyclic) bond motifs is 1. The van der Waals surface area contributed by atoms with Crippen molar-refractivity contribution in [3.63, 3.8) is 0 Å². The largest absolute Gasteiger partial charge is 0.492 e. The van der Waals surface area contributed by atoms with E-state index in [1.165, 1.54) is 29.5 Å². The van der Waals surface area contributed by atoms with Crippen LogP contribution in [0.5, 0.6) is 5.75 Å². The van der Waals surface area contributed by atoms with Crippen molar-refractivity contribution in [2.24, 2.45) is 0 Å². The molecule has 0 saturated carbocycles. The highest BCUT2D eigenvalue weighted by molar-refractivity contribution is 5.94. The summed E-state index contributed by atoms with van der Waals surface area (Å²) in [5.41, 5.74) is 4.81. The predicted molar refractivity (Wildman–Crippen MR) is 119 cm³/mol. The van der Waals surface area contributed by atoms with E-state index < -0.39 is 0 Å².